The first-order valence-electron chi connectivity index (χ1n) is 7.64. The third kappa shape index (κ3) is 3.33. The number of benzene rings is 1. The second-order valence-electron chi connectivity index (χ2n) is 6.31. The first kappa shape index (κ1) is 17.7. The molecule has 2 aliphatic rings. The van der Waals surface area contributed by atoms with Crippen LogP contribution in [0.3, 0.4) is 0 Å². The van der Waals surface area contributed by atoms with Crippen LogP contribution in [0, 0.1) is 5.92 Å². The topological polar surface area (TPSA) is 75.6 Å². The zero-order chi connectivity index (χ0) is 18.4. The number of ketones is 1. The van der Waals surface area contributed by atoms with Gasteiger partial charge in [0.1, 0.15) is 18.0 Å². The molecule has 3 rings (SSSR count). The molecule has 0 aromatic heterocycles. The molecule has 136 valence electrons. The highest BCUT2D eigenvalue weighted by molar-refractivity contribution is 5.97. The average Bonchev–Trinajstić information content (AvgIpc) is 2.96. The maximum Gasteiger partial charge on any atom is 0.573 e. The van der Waals surface area contributed by atoms with Gasteiger partial charge in [-0.05, 0) is 30.5 Å². The fourth-order valence-electron chi connectivity index (χ4n) is 3.36. The molecule has 2 N–H and O–H groups in total. The number of hydrogen-bond acceptors (Lipinski definition) is 4. The highest BCUT2D eigenvalue weighted by atomic mass is 19.4. The first-order chi connectivity index (χ1) is 11.6. The van der Waals surface area contributed by atoms with Crippen LogP contribution in [0.25, 0.3) is 0 Å². The van der Waals surface area contributed by atoms with Crippen molar-refractivity contribution in [3.05, 3.63) is 29.8 Å². The van der Waals surface area contributed by atoms with Crippen molar-refractivity contribution in [3.63, 3.8) is 0 Å². The second kappa shape index (κ2) is 5.98. The van der Waals surface area contributed by atoms with Crippen molar-refractivity contribution in [1.29, 1.82) is 0 Å². The molecule has 1 aliphatic heterocycles. The van der Waals surface area contributed by atoms with Crippen LogP contribution in [-0.2, 0) is 15.0 Å². The zero-order valence-electron chi connectivity index (χ0n) is 12.8. The Morgan fingerprint density at radius 2 is 1.84 bits per heavy atom. The molecule has 0 bridgehead atoms. The molecule has 2 unspecified atom stereocenters. The van der Waals surface area contributed by atoms with E-state index in [-0.39, 0.29) is 24.9 Å². The number of aliphatic carboxylic acids is 1. The Morgan fingerprint density at radius 3 is 2.28 bits per heavy atom. The standard InChI is InChI=1S/C16H15F4NO4/c17-12-6-15(12,13(22)8-5-11(14(23)24)21-7-8)9-1-3-10(4-2-9)25-16(18,19)20/h1-4,8,11-12,21H,5-7H2,(H,23,24)/t8-,11+,12?,15?/m1/s1. The highest BCUT2D eigenvalue weighted by Gasteiger charge is 2.63. The van der Waals surface area contributed by atoms with E-state index in [9.17, 15) is 27.2 Å². The number of carbonyl (C=O) groups excluding carboxylic acids is 1. The lowest BCUT2D eigenvalue weighted by Gasteiger charge is -2.19. The van der Waals surface area contributed by atoms with Crippen molar-refractivity contribution >= 4 is 11.8 Å². The van der Waals surface area contributed by atoms with Crippen LogP contribution in [-0.4, -0.2) is 42.0 Å². The van der Waals surface area contributed by atoms with Crippen LogP contribution in [0.1, 0.15) is 18.4 Å². The lowest BCUT2D eigenvalue weighted by molar-refractivity contribution is -0.274. The number of nitrogens with one attached hydrogen (secondary N) is 1. The fourth-order valence-corrected chi connectivity index (χ4v) is 3.36. The van der Waals surface area contributed by atoms with Crippen molar-refractivity contribution in [1.82, 2.24) is 5.32 Å². The number of halogens is 4. The van der Waals surface area contributed by atoms with Crippen LogP contribution in [0.4, 0.5) is 17.6 Å². The van der Waals surface area contributed by atoms with Crippen molar-refractivity contribution in [2.24, 2.45) is 5.92 Å². The van der Waals surface area contributed by atoms with Crippen LogP contribution < -0.4 is 10.1 Å². The number of carboxylic acids is 1. The van der Waals surface area contributed by atoms with E-state index in [0.717, 1.165) is 12.1 Å². The van der Waals surface area contributed by atoms with Gasteiger partial charge in [0.15, 0.2) is 5.78 Å². The zero-order valence-corrected chi connectivity index (χ0v) is 12.8. The Hall–Kier alpha value is -2.16. The van der Waals surface area contributed by atoms with Crippen molar-refractivity contribution < 1.29 is 37.0 Å². The fraction of sp³-hybridized carbons (Fsp3) is 0.500. The summed E-state index contributed by atoms with van der Waals surface area (Å²) in [4.78, 5) is 23.7. The predicted octanol–water partition coefficient (Wildman–Crippen LogP) is 2.20. The molecule has 0 radical (unpaired) electrons. The Balaban J connectivity index is 1.77. The molecule has 1 saturated carbocycles. The van der Waals surface area contributed by atoms with Gasteiger partial charge in [0, 0.05) is 12.5 Å². The number of alkyl halides is 4. The van der Waals surface area contributed by atoms with Crippen molar-refractivity contribution in [2.45, 2.75) is 36.8 Å². The van der Waals surface area contributed by atoms with E-state index in [4.69, 9.17) is 5.11 Å². The minimum atomic E-state index is -4.83. The minimum absolute atomic E-state index is 0.0560. The highest BCUT2D eigenvalue weighted by Crippen LogP contribution is 2.53. The van der Waals surface area contributed by atoms with E-state index in [1.165, 1.54) is 12.1 Å². The van der Waals surface area contributed by atoms with Gasteiger partial charge in [-0.3, -0.25) is 9.59 Å². The van der Waals surface area contributed by atoms with Crippen molar-refractivity contribution in [3.8, 4) is 5.75 Å². The molecule has 1 heterocycles. The summed E-state index contributed by atoms with van der Waals surface area (Å²) in [5, 5.41) is 11.7. The summed E-state index contributed by atoms with van der Waals surface area (Å²) in [6.07, 6.45) is -6.26. The lowest BCUT2D eigenvalue weighted by atomic mass is 9.83. The largest absolute Gasteiger partial charge is 0.573 e. The van der Waals surface area contributed by atoms with Crippen LogP contribution in [0.5, 0.6) is 5.75 Å². The maximum atomic E-state index is 14.1. The van der Waals surface area contributed by atoms with Gasteiger partial charge in [0.2, 0.25) is 0 Å². The van der Waals surface area contributed by atoms with E-state index < -0.39 is 47.4 Å². The van der Waals surface area contributed by atoms with Gasteiger partial charge in [-0.25, -0.2) is 4.39 Å². The molecule has 9 heteroatoms. The number of carbonyl (C=O) groups is 2. The normalized spacial score (nSPS) is 31.6. The Morgan fingerprint density at radius 1 is 1.24 bits per heavy atom. The number of carboxylic acid groups (broad SMARTS) is 1. The summed E-state index contributed by atoms with van der Waals surface area (Å²) in [6, 6.07) is 3.71. The number of ether oxygens (including phenoxy) is 1. The summed E-state index contributed by atoms with van der Waals surface area (Å²) in [5.41, 5.74) is -1.13. The van der Waals surface area contributed by atoms with Gasteiger partial charge in [-0.15, -0.1) is 13.2 Å². The van der Waals surface area contributed by atoms with Crippen LogP contribution in [0.2, 0.25) is 0 Å². The number of Topliss-reactive ketones (excluding diaryl/α,β-unsaturated/α-hetero) is 1. The Bertz CT molecular complexity index is 690. The predicted molar refractivity (Wildman–Crippen MR) is 76.9 cm³/mol. The molecular weight excluding hydrogens is 346 g/mol. The van der Waals surface area contributed by atoms with Gasteiger partial charge >= 0.3 is 12.3 Å². The summed E-state index contributed by atoms with van der Waals surface area (Å²) >= 11 is 0. The van der Waals surface area contributed by atoms with Gasteiger partial charge in [0.25, 0.3) is 0 Å². The van der Waals surface area contributed by atoms with E-state index in [1.807, 2.05) is 0 Å². The first-order valence-corrected chi connectivity index (χ1v) is 7.64. The van der Waals surface area contributed by atoms with E-state index in [1.54, 1.807) is 0 Å². The molecular formula is C16H15F4NO4. The lowest BCUT2D eigenvalue weighted by Crippen LogP contribution is -2.32. The molecule has 0 spiro atoms. The van der Waals surface area contributed by atoms with Gasteiger partial charge in [-0.1, -0.05) is 12.1 Å². The molecule has 1 aliphatic carbocycles. The molecule has 1 aromatic rings. The third-order valence-electron chi connectivity index (χ3n) is 4.72. The van der Waals surface area contributed by atoms with E-state index in [2.05, 4.69) is 10.1 Å². The average molecular weight is 361 g/mol. The summed E-state index contributed by atoms with van der Waals surface area (Å²) in [7, 11) is 0. The summed E-state index contributed by atoms with van der Waals surface area (Å²) in [6.45, 7) is 0.138. The smallest absolute Gasteiger partial charge is 0.480 e. The summed E-state index contributed by atoms with van der Waals surface area (Å²) in [5.74, 6) is -2.59. The Kier molecular flexibility index (Phi) is 4.22. The quantitative estimate of drug-likeness (QED) is 0.787. The second-order valence-corrected chi connectivity index (χ2v) is 6.31. The van der Waals surface area contributed by atoms with Crippen molar-refractivity contribution in [2.75, 3.05) is 6.54 Å². The molecule has 0 amide bonds. The number of rotatable bonds is 5. The van der Waals surface area contributed by atoms with Gasteiger partial charge in [0.05, 0.1) is 5.41 Å². The molecule has 1 saturated heterocycles. The van der Waals surface area contributed by atoms with E-state index in [0.29, 0.717) is 0 Å². The molecule has 25 heavy (non-hydrogen) atoms. The Labute approximate surface area is 140 Å². The van der Waals surface area contributed by atoms with Gasteiger partial charge in [-0.2, -0.15) is 0 Å². The molecule has 2 fully saturated rings. The molecule has 1 aromatic carbocycles. The third-order valence-corrected chi connectivity index (χ3v) is 4.72. The minimum Gasteiger partial charge on any atom is -0.480 e. The van der Waals surface area contributed by atoms with E-state index >= 15 is 0 Å². The molecule has 5 nitrogen and oxygen atoms in total. The van der Waals surface area contributed by atoms with Crippen LogP contribution in [0.15, 0.2) is 24.3 Å². The summed E-state index contributed by atoms with van der Waals surface area (Å²) < 4.78 is 54.4. The van der Waals surface area contributed by atoms with Gasteiger partial charge < -0.3 is 15.2 Å². The van der Waals surface area contributed by atoms with Crippen LogP contribution >= 0.6 is 0 Å². The monoisotopic (exact) mass is 361 g/mol. The maximum absolute atomic E-state index is 14.1. The molecule has 4 atom stereocenters. The number of hydrogen-bond donors (Lipinski definition) is 2. The SMILES string of the molecule is O=C(O)[C@@H]1C[C@@H](C(=O)C2(c3ccc(OC(F)(F)F)cc3)CC2F)CN1.